The fraction of sp³-hybridized carbons (Fsp3) is 0.188. The minimum Gasteiger partial charge on any atom is -0.325 e. The normalized spacial score (nSPS) is 13.6. The molecule has 0 saturated carbocycles. The number of carbonyl (C=O) groups excluding carboxylic acids is 2. The Morgan fingerprint density at radius 1 is 1.14 bits per heavy atom. The fourth-order valence-corrected chi connectivity index (χ4v) is 2.60. The van der Waals surface area contributed by atoms with Gasteiger partial charge in [0.2, 0.25) is 0 Å². The van der Waals surface area contributed by atoms with Crippen LogP contribution in [0.5, 0.6) is 0 Å². The van der Waals surface area contributed by atoms with Crippen LogP contribution in [-0.2, 0) is 6.42 Å². The third-order valence-corrected chi connectivity index (χ3v) is 3.85. The summed E-state index contributed by atoms with van der Waals surface area (Å²) in [5.74, 6) is -0.595. The number of amides is 1. The zero-order valence-electron chi connectivity index (χ0n) is 11.6. The van der Waals surface area contributed by atoms with Gasteiger partial charge in [0, 0.05) is 28.4 Å². The van der Waals surface area contributed by atoms with Crippen molar-refractivity contribution in [3.05, 3.63) is 62.5 Å². The van der Waals surface area contributed by atoms with Crippen LogP contribution < -0.4 is 10.9 Å². The van der Waals surface area contributed by atoms with Crippen molar-refractivity contribution in [2.24, 2.45) is 0 Å². The minimum absolute atomic E-state index is 0.0435. The highest BCUT2D eigenvalue weighted by molar-refractivity contribution is 6.30. The number of Topliss-reactive ketones (excluding diaryl/α,β-unsaturated/α-hetero) is 1. The molecule has 2 N–H and O–H groups in total. The topological polar surface area (TPSA) is 79.0 Å². The number of aryl methyl sites for hydroxylation is 1. The molecule has 0 spiro atoms. The monoisotopic (exact) mass is 316 g/mol. The molecule has 6 heteroatoms. The van der Waals surface area contributed by atoms with Crippen LogP contribution >= 0.6 is 11.6 Å². The Morgan fingerprint density at radius 3 is 2.59 bits per heavy atom. The number of carbonyl (C=O) groups is 2. The first-order chi connectivity index (χ1) is 10.5. The quantitative estimate of drug-likeness (QED) is 0.894. The molecule has 5 nitrogen and oxygen atoms in total. The lowest BCUT2D eigenvalue weighted by Crippen LogP contribution is -2.27. The lowest BCUT2D eigenvalue weighted by Gasteiger charge is -2.15. The Hall–Kier alpha value is -2.40. The van der Waals surface area contributed by atoms with Crippen LogP contribution in [0.25, 0.3) is 0 Å². The molecule has 0 saturated heterocycles. The molecule has 0 fully saturated rings. The second-order valence-electron chi connectivity index (χ2n) is 5.14. The second-order valence-corrected chi connectivity index (χ2v) is 5.58. The predicted octanol–water partition coefficient (Wildman–Crippen LogP) is 2.80. The minimum atomic E-state index is -0.551. The van der Waals surface area contributed by atoms with Gasteiger partial charge in [0.05, 0.1) is 0 Å². The summed E-state index contributed by atoms with van der Waals surface area (Å²) in [4.78, 5) is 38.8. The van der Waals surface area contributed by atoms with Gasteiger partial charge in [-0.15, -0.1) is 0 Å². The van der Waals surface area contributed by atoms with Gasteiger partial charge in [-0.05, 0) is 43.2 Å². The first kappa shape index (κ1) is 14.5. The van der Waals surface area contributed by atoms with Crippen LogP contribution in [0.3, 0.4) is 0 Å². The van der Waals surface area contributed by atoms with Crippen LogP contribution in [0.15, 0.2) is 35.1 Å². The number of rotatable bonds is 2. The van der Waals surface area contributed by atoms with Crippen LogP contribution in [0.4, 0.5) is 5.69 Å². The van der Waals surface area contributed by atoms with Gasteiger partial charge >= 0.3 is 0 Å². The van der Waals surface area contributed by atoms with Crippen molar-refractivity contribution in [3.8, 4) is 0 Å². The fourth-order valence-electron chi connectivity index (χ4n) is 2.48. The van der Waals surface area contributed by atoms with Crippen LogP contribution in [-0.4, -0.2) is 16.7 Å². The molecule has 1 aliphatic rings. The van der Waals surface area contributed by atoms with Crippen molar-refractivity contribution in [2.75, 3.05) is 5.32 Å². The Balaban J connectivity index is 1.92. The number of aromatic amines is 1. The SMILES string of the molecule is O=C1CCCc2[nH]c(=O)c(C(=O)Nc3ccc(Cl)cc3)cc21. The van der Waals surface area contributed by atoms with Gasteiger partial charge in [-0.3, -0.25) is 14.4 Å². The highest BCUT2D eigenvalue weighted by Gasteiger charge is 2.22. The first-order valence-electron chi connectivity index (χ1n) is 6.91. The molecule has 22 heavy (non-hydrogen) atoms. The summed E-state index contributed by atoms with van der Waals surface area (Å²) in [6.45, 7) is 0. The van der Waals surface area contributed by atoms with E-state index in [0.29, 0.717) is 34.8 Å². The van der Waals surface area contributed by atoms with Gasteiger partial charge in [0.25, 0.3) is 11.5 Å². The third-order valence-electron chi connectivity index (χ3n) is 3.60. The molecule has 1 amide bonds. The number of benzene rings is 1. The number of hydrogen-bond donors (Lipinski definition) is 2. The largest absolute Gasteiger partial charge is 0.325 e. The van der Waals surface area contributed by atoms with E-state index in [0.717, 1.165) is 6.42 Å². The van der Waals surface area contributed by atoms with Crippen molar-refractivity contribution in [2.45, 2.75) is 19.3 Å². The maximum atomic E-state index is 12.2. The predicted molar refractivity (Wildman–Crippen MR) is 83.7 cm³/mol. The number of anilines is 1. The molecule has 0 radical (unpaired) electrons. The van der Waals surface area contributed by atoms with E-state index in [-0.39, 0.29) is 11.3 Å². The number of halogens is 1. The summed E-state index contributed by atoms with van der Waals surface area (Å²) in [6.07, 6.45) is 1.81. The van der Waals surface area contributed by atoms with E-state index in [1.165, 1.54) is 6.07 Å². The molecule has 1 aromatic carbocycles. The molecular weight excluding hydrogens is 304 g/mol. The number of H-pyrrole nitrogens is 1. The van der Waals surface area contributed by atoms with Crippen molar-refractivity contribution in [1.82, 2.24) is 4.98 Å². The Labute approximate surface area is 131 Å². The van der Waals surface area contributed by atoms with E-state index in [1.807, 2.05) is 0 Å². The molecular formula is C16H13ClN2O3. The van der Waals surface area contributed by atoms with Gasteiger partial charge in [-0.2, -0.15) is 0 Å². The third kappa shape index (κ3) is 2.80. The number of hydrogen-bond acceptors (Lipinski definition) is 3. The summed E-state index contributed by atoms with van der Waals surface area (Å²) in [7, 11) is 0. The average Bonchev–Trinajstić information content (AvgIpc) is 2.49. The van der Waals surface area contributed by atoms with Crippen LogP contribution in [0.1, 0.15) is 39.3 Å². The van der Waals surface area contributed by atoms with E-state index < -0.39 is 11.5 Å². The van der Waals surface area contributed by atoms with E-state index in [1.54, 1.807) is 24.3 Å². The van der Waals surface area contributed by atoms with Crippen molar-refractivity contribution in [3.63, 3.8) is 0 Å². The van der Waals surface area contributed by atoms with Crippen LogP contribution in [0, 0.1) is 0 Å². The van der Waals surface area contributed by atoms with E-state index in [4.69, 9.17) is 11.6 Å². The summed E-state index contributed by atoms with van der Waals surface area (Å²) in [5, 5.41) is 3.17. The van der Waals surface area contributed by atoms with Crippen molar-refractivity contribution < 1.29 is 9.59 Å². The highest BCUT2D eigenvalue weighted by Crippen LogP contribution is 2.19. The van der Waals surface area contributed by atoms with E-state index >= 15 is 0 Å². The molecule has 0 atom stereocenters. The Bertz CT molecular complexity index is 809. The zero-order chi connectivity index (χ0) is 15.7. The zero-order valence-corrected chi connectivity index (χ0v) is 12.4. The summed E-state index contributed by atoms with van der Waals surface area (Å²) >= 11 is 5.78. The maximum Gasteiger partial charge on any atom is 0.261 e. The highest BCUT2D eigenvalue weighted by atomic mass is 35.5. The number of aromatic nitrogens is 1. The van der Waals surface area contributed by atoms with Gasteiger partial charge < -0.3 is 10.3 Å². The number of nitrogens with one attached hydrogen (secondary N) is 2. The van der Waals surface area contributed by atoms with Gasteiger partial charge in [0.15, 0.2) is 5.78 Å². The van der Waals surface area contributed by atoms with Gasteiger partial charge in [-0.1, -0.05) is 11.6 Å². The number of ketones is 1. The summed E-state index contributed by atoms with van der Waals surface area (Å²) < 4.78 is 0. The molecule has 1 heterocycles. The van der Waals surface area contributed by atoms with E-state index in [9.17, 15) is 14.4 Å². The molecule has 0 bridgehead atoms. The van der Waals surface area contributed by atoms with Gasteiger partial charge in [-0.25, -0.2) is 0 Å². The Kier molecular flexibility index (Phi) is 3.81. The average molecular weight is 317 g/mol. The van der Waals surface area contributed by atoms with Gasteiger partial charge in [0.1, 0.15) is 5.56 Å². The Morgan fingerprint density at radius 2 is 1.86 bits per heavy atom. The summed E-state index contributed by atoms with van der Waals surface area (Å²) in [6, 6.07) is 7.94. The molecule has 2 aromatic rings. The maximum absolute atomic E-state index is 12.2. The lowest BCUT2D eigenvalue weighted by atomic mass is 9.93. The second kappa shape index (κ2) is 5.77. The number of pyridine rings is 1. The molecule has 0 aliphatic heterocycles. The standard InChI is InChI=1S/C16H13ClN2O3/c17-9-4-6-10(7-5-9)18-15(21)12-8-11-13(19-16(12)22)2-1-3-14(11)20/h4-8H,1-3H2,(H,18,21)(H,19,22). The molecule has 1 aliphatic carbocycles. The molecule has 1 aromatic heterocycles. The lowest BCUT2D eigenvalue weighted by molar-refractivity contribution is 0.0971. The summed E-state index contributed by atoms with van der Waals surface area (Å²) in [5.41, 5.74) is 1.03. The van der Waals surface area contributed by atoms with Crippen LogP contribution in [0.2, 0.25) is 5.02 Å². The first-order valence-corrected chi connectivity index (χ1v) is 7.29. The smallest absolute Gasteiger partial charge is 0.261 e. The number of fused-ring (bicyclic) bond motifs is 1. The molecule has 0 unspecified atom stereocenters. The molecule has 112 valence electrons. The van der Waals surface area contributed by atoms with Crippen molar-refractivity contribution in [1.29, 1.82) is 0 Å². The van der Waals surface area contributed by atoms with E-state index in [2.05, 4.69) is 10.3 Å². The molecule has 3 rings (SSSR count). The van der Waals surface area contributed by atoms with Crippen molar-refractivity contribution >= 4 is 29.0 Å².